The van der Waals surface area contributed by atoms with Gasteiger partial charge in [0.15, 0.2) is 5.11 Å². The first-order valence-electron chi connectivity index (χ1n) is 8.53. The van der Waals surface area contributed by atoms with Gasteiger partial charge < -0.3 is 15.4 Å². The molecule has 27 heavy (non-hydrogen) atoms. The number of rotatable bonds is 5. The Morgan fingerprint density at radius 1 is 0.889 bits per heavy atom. The smallest absolute Gasteiger partial charge is 0.337 e. The van der Waals surface area contributed by atoms with Crippen molar-refractivity contribution in [3.8, 4) is 0 Å². The van der Waals surface area contributed by atoms with Gasteiger partial charge in [-0.25, -0.2) is 4.79 Å². The van der Waals surface area contributed by atoms with Gasteiger partial charge >= 0.3 is 5.97 Å². The third-order valence-corrected chi connectivity index (χ3v) is 4.30. The van der Waals surface area contributed by atoms with Crippen molar-refractivity contribution in [2.24, 2.45) is 0 Å². The van der Waals surface area contributed by atoms with Crippen LogP contribution in [0, 0.1) is 0 Å². The van der Waals surface area contributed by atoms with Crippen LogP contribution in [-0.4, -0.2) is 18.2 Å². The summed E-state index contributed by atoms with van der Waals surface area (Å²) in [6.45, 7) is 0. The number of hydrogen-bond donors (Lipinski definition) is 2. The highest BCUT2D eigenvalue weighted by Gasteiger charge is 2.15. The van der Waals surface area contributed by atoms with E-state index in [1.807, 2.05) is 42.5 Å². The Morgan fingerprint density at radius 3 is 2.04 bits per heavy atom. The summed E-state index contributed by atoms with van der Waals surface area (Å²) in [6, 6.07) is 27.2. The largest absolute Gasteiger partial charge is 0.465 e. The molecule has 0 aliphatic heterocycles. The van der Waals surface area contributed by atoms with Crippen LogP contribution in [0.2, 0.25) is 0 Å². The molecule has 0 fully saturated rings. The van der Waals surface area contributed by atoms with Gasteiger partial charge in [-0.1, -0.05) is 66.7 Å². The minimum Gasteiger partial charge on any atom is -0.465 e. The molecule has 2 N–H and O–H groups in total. The molecule has 3 aromatic carbocycles. The van der Waals surface area contributed by atoms with E-state index in [9.17, 15) is 4.79 Å². The first-order valence-corrected chi connectivity index (χ1v) is 8.94. The predicted octanol–water partition coefficient (Wildman–Crippen LogP) is 4.55. The van der Waals surface area contributed by atoms with Crippen LogP contribution in [0.1, 0.15) is 27.5 Å². The summed E-state index contributed by atoms with van der Waals surface area (Å²) >= 11 is 5.51. The quantitative estimate of drug-likeness (QED) is 0.505. The zero-order valence-corrected chi connectivity index (χ0v) is 15.7. The molecule has 0 heterocycles. The lowest BCUT2D eigenvalue weighted by atomic mass is 9.99. The van der Waals surface area contributed by atoms with Gasteiger partial charge in [0.05, 0.1) is 18.7 Å². The molecule has 0 aromatic heterocycles. The first-order chi connectivity index (χ1) is 13.2. The van der Waals surface area contributed by atoms with Gasteiger partial charge in [-0.2, -0.15) is 0 Å². The van der Waals surface area contributed by atoms with E-state index in [1.165, 1.54) is 7.11 Å². The van der Waals surface area contributed by atoms with E-state index < -0.39 is 0 Å². The summed E-state index contributed by atoms with van der Waals surface area (Å²) in [4.78, 5) is 11.7. The highest BCUT2D eigenvalue weighted by atomic mass is 32.1. The number of carbonyl (C=O) groups is 1. The highest BCUT2D eigenvalue weighted by Crippen LogP contribution is 2.22. The Hall–Kier alpha value is -3.18. The molecule has 0 aliphatic carbocycles. The van der Waals surface area contributed by atoms with E-state index in [0.29, 0.717) is 10.7 Å². The van der Waals surface area contributed by atoms with Crippen molar-refractivity contribution in [3.05, 3.63) is 102 Å². The van der Waals surface area contributed by atoms with E-state index in [-0.39, 0.29) is 12.0 Å². The maximum atomic E-state index is 11.7. The SMILES string of the molecule is COC(=O)c1cccc(NC(=S)NC(c2ccccc2)c2ccccc2)c1. The van der Waals surface area contributed by atoms with Crippen LogP contribution < -0.4 is 10.6 Å². The molecule has 3 rings (SSSR count). The number of nitrogens with one attached hydrogen (secondary N) is 2. The molecule has 5 heteroatoms. The van der Waals surface area contributed by atoms with E-state index in [2.05, 4.69) is 34.9 Å². The van der Waals surface area contributed by atoms with Crippen LogP contribution >= 0.6 is 12.2 Å². The third-order valence-electron chi connectivity index (χ3n) is 4.08. The number of thiocarbonyl (C=S) groups is 1. The Balaban J connectivity index is 1.78. The van der Waals surface area contributed by atoms with Crippen LogP contribution in [-0.2, 0) is 4.74 Å². The molecule has 0 aliphatic rings. The molecule has 0 radical (unpaired) electrons. The number of methoxy groups -OCH3 is 1. The number of anilines is 1. The third kappa shape index (κ3) is 4.92. The molecule has 0 saturated carbocycles. The second-order valence-electron chi connectivity index (χ2n) is 5.93. The van der Waals surface area contributed by atoms with Gasteiger partial charge in [0, 0.05) is 5.69 Å². The minimum absolute atomic E-state index is 0.0869. The van der Waals surface area contributed by atoms with Crippen molar-refractivity contribution in [3.63, 3.8) is 0 Å². The van der Waals surface area contributed by atoms with E-state index in [4.69, 9.17) is 17.0 Å². The molecule has 136 valence electrons. The Kier molecular flexibility index (Phi) is 6.18. The average Bonchev–Trinajstić information content (AvgIpc) is 2.73. The van der Waals surface area contributed by atoms with Gasteiger partial charge in [0.2, 0.25) is 0 Å². The summed E-state index contributed by atoms with van der Waals surface area (Å²) in [6.07, 6.45) is 0. The van der Waals surface area contributed by atoms with E-state index in [1.54, 1.807) is 18.2 Å². The fraction of sp³-hybridized carbons (Fsp3) is 0.0909. The second-order valence-corrected chi connectivity index (χ2v) is 6.33. The van der Waals surface area contributed by atoms with Gasteiger partial charge in [0.1, 0.15) is 0 Å². The van der Waals surface area contributed by atoms with Crippen molar-refractivity contribution in [2.75, 3.05) is 12.4 Å². The molecule has 4 nitrogen and oxygen atoms in total. The maximum Gasteiger partial charge on any atom is 0.337 e. The van der Waals surface area contributed by atoms with Gasteiger partial charge in [-0.15, -0.1) is 0 Å². The van der Waals surface area contributed by atoms with Gasteiger partial charge in [-0.3, -0.25) is 0 Å². The van der Waals surface area contributed by atoms with Crippen LogP contribution in [0.3, 0.4) is 0 Å². The normalized spacial score (nSPS) is 10.3. The predicted molar refractivity (Wildman–Crippen MR) is 112 cm³/mol. The van der Waals surface area contributed by atoms with Crippen LogP contribution in [0.4, 0.5) is 5.69 Å². The van der Waals surface area contributed by atoms with Crippen LogP contribution in [0.15, 0.2) is 84.9 Å². The van der Waals surface area contributed by atoms with Crippen molar-refractivity contribution in [1.82, 2.24) is 5.32 Å². The molecular weight excluding hydrogens is 356 g/mol. The standard InChI is InChI=1S/C22H20N2O2S/c1-26-21(25)18-13-8-14-19(15-18)23-22(27)24-20(16-9-4-2-5-10-16)17-11-6-3-7-12-17/h2-15,20H,1H3,(H2,23,24,27). The first kappa shape index (κ1) is 18.6. The number of benzene rings is 3. The Labute approximate surface area is 164 Å². The Morgan fingerprint density at radius 2 is 1.48 bits per heavy atom. The van der Waals surface area contributed by atoms with Crippen molar-refractivity contribution >= 4 is 29.0 Å². The monoisotopic (exact) mass is 376 g/mol. The fourth-order valence-electron chi connectivity index (χ4n) is 2.79. The molecule has 3 aromatic rings. The summed E-state index contributed by atoms with van der Waals surface area (Å²) < 4.78 is 4.76. The fourth-order valence-corrected chi connectivity index (χ4v) is 3.03. The Bertz CT molecular complexity index is 874. The number of hydrogen-bond acceptors (Lipinski definition) is 3. The minimum atomic E-state index is -0.385. The summed E-state index contributed by atoms with van der Waals surface area (Å²) in [5.74, 6) is -0.385. The van der Waals surface area contributed by atoms with Gasteiger partial charge in [0.25, 0.3) is 0 Å². The van der Waals surface area contributed by atoms with Crippen molar-refractivity contribution in [2.45, 2.75) is 6.04 Å². The average molecular weight is 376 g/mol. The lowest BCUT2D eigenvalue weighted by Crippen LogP contribution is -2.33. The van der Waals surface area contributed by atoms with E-state index >= 15 is 0 Å². The number of carbonyl (C=O) groups excluding carboxylic acids is 1. The topological polar surface area (TPSA) is 50.4 Å². The zero-order chi connectivity index (χ0) is 19.1. The molecule has 0 bridgehead atoms. The molecule has 0 amide bonds. The van der Waals surface area contributed by atoms with Gasteiger partial charge in [-0.05, 0) is 41.5 Å². The molecule has 0 saturated heterocycles. The van der Waals surface area contributed by atoms with Crippen LogP contribution in [0.5, 0.6) is 0 Å². The molecular formula is C22H20N2O2S. The second kappa shape index (κ2) is 8.96. The summed E-state index contributed by atoms with van der Waals surface area (Å²) in [5.41, 5.74) is 3.40. The number of ether oxygens (including phenoxy) is 1. The summed E-state index contributed by atoms with van der Waals surface area (Å²) in [5, 5.41) is 6.98. The summed E-state index contributed by atoms with van der Waals surface area (Å²) in [7, 11) is 1.36. The maximum absolute atomic E-state index is 11.7. The molecule has 0 unspecified atom stereocenters. The van der Waals surface area contributed by atoms with Crippen LogP contribution in [0.25, 0.3) is 0 Å². The number of esters is 1. The van der Waals surface area contributed by atoms with E-state index in [0.717, 1.165) is 16.8 Å². The molecule has 0 spiro atoms. The molecule has 0 atom stereocenters. The van der Waals surface area contributed by atoms with Crippen molar-refractivity contribution in [1.29, 1.82) is 0 Å². The van der Waals surface area contributed by atoms with Crippen molar-refractivity contribution < 1.29 is 9.53 Å². The zero-order valence-electron chi connectivity index (χ0n) is 14.9. The highest BCUT2D eigenvalue weighted by molar-refractivity contribution is 7.80. The lowest BCUT2D eigenvalue weighted by Gasteiger charge is -2.22. The lowest BCUT2D eigenvalue weighted by molar-refractivity contribution is 0.0601.